The van der Waals surface area contributed by atoms with Crippen molar-refractivity contribution in [1.29, 1.82) is 0 Å². The third-order valence-corrected chi connectivity index (χ3v) is 4.25. The number of carbonyl (C=O) groups excluding carboxylic acids is 1. The molecule has 0 saturated carbocycles. The minimum absolute atomic E-state index is 0.0175. The van der Waals surface area contributed by atoms with E-state index < -0.39 is 0 Å². The van der Waals surface area contributed by atoms with Gasteiger partial charge in [0.1, 0.15) is 0 Å². The number of amides is 1. The molecule has 0 aliphatic carbocycles. The van der Waals surface area contributed by atoms with E-state index in [0.29, 0.717) is 12.2 Å². The van der Waals surface area contributed by atoms with Crippen molar-refractivity contribution in [3.8, 4) is 0 Å². The number of nitrogens with one attached hydrogen (secondary N) is 1. The zero-order valence-electron chi connectivity index (χ0n) is 11.7. The lowest BCUT2D eigenvalue weighted by atomic mass is 10.1. The van der Waals surface area contributed by atoms with Crippen LogP contribution in [-0.2, 0) is 6.54 Å². The van der Waals surface area contributed by atoms with Crippen LogP contribution in [0.15, 0.2) is 48.5 Å². The van der Waals surface area contributed by atoms with Gasteiger partial charge < -0.3 is 4.90 Å². The van der Waals surface area contributed by atoms with Crippen LogP contribution >= 0.6 is 0 Å². The maximum Gasteiger partial charge on any atom is 0.275 e. The Morgan fingerprint density at radius 2 is 1.95 bits per heavy atom. The average molecular weight is 277 g/mol. The fraction of sp³-hybridized carbons (Fsp3) is 0.176. The highest BCUT2D eigenvalue weighted by Gasteiger charge is 2.32. The lowest BCUT2D eigenvalue weighted by Gasteiger charge is -2.21. The van der Waals surface area contributed by atoms with E-state index in [9.17, 15) is 4.79 Å². The standard InChI is InChI=1S/C17H15N3O/c1-11-13-7-3-2-6-12(13)10-20(11)17(21)16-14-8-4-5-9-15(14)18-19-16/h2-9,11H,10H2,1H3,(H,18,19). The van der Waals surface area contributed by atoms with Crippen LogP contribution in [0.5, 0.6) is 0 Å². The fourth-order valence-electron chi connectivity index (χ4n) is 3.08. The first kappa shape index (κ1) is 12.1. The molecule has 0 bridgehead atoms. The predicted octanol–water partition coefficient (Wildman–Crippen LogP) is 3.28. The van der Waals surface area contributed by atoms with E-state index in [1.54, 1.807) is 0 Å². The van der Waals surface area contributed by atoms with E-state index >= 15 is 0 Å². The molecule has 0 fully saturated rings. The van der Waals surface area contributed by atoms with E-state index in [2.05, 4.69) is 29.3 Å². The van der Waals surface area contributed by atoms with Gasteiger partial charge in [0, 0.05) is 11.9 Å². The quantitative estimate of drug-likeness (QED) is 0.742. The van der Waals surface area contributed by atoms with Crippen molar-refractivity contribution in [2.45, 2.75) is 19.5 Å². The Kier molecular flexibility index (Phi) is 2.57. The highest BCUT2D eigenvalue weighted by molar-refractivity contribution is 6.04. The number of hydrogen-bond donors (Lipinski definition) is 1. The lowest BCUT2D eigenvalue weighted by Crippen LogP contribution is -2.28. The zero-order chi connectivity index (χ0) is 14.4. The molecule has 0 spiro atoms. The summed E-state index contributed by atoms with van der Waals surface area (Å²) in [4.78, 5) is 14.7. The van der Waals surface area contributed by atoms with Gasteiger partial charge in [0.25, 0.3) is 5.91 Å². The molecule has 1 aliphatic rings. The maximum atomic E-state index is 12.8. The molecule has 104 valence electrons. The summed E-state index contributed by atoms with van der Waals surface area (Å²) in [6.07, 6.45) is 0. The average Bonchev–Trinajstić information content (AvgIpc) is 3.09. The van der Waals surface area contributed by atoms with Gasteiger partial charge in [0.2, 0.25) is 0 Å². The number of rotatable bonds is 1. The van der Waals surface area contributed by atoms with Gasteiger partial charge in [-0.15, -0.1) is 0 Å². The third kappa shape index (κ3) is 1.76. The summed E-state index contributed by atoms with van der Waals surface area (Å²) in [5.74, 6) is -0.0175. The normalized spacial score (nSPS) is 17.2. The van der Waals surface area contributed by atoms with E-state index in [1.165, 1.54) is 11.1 Å². The van der Waals surface area contributed by atoms with E-state index in [0.717, 1.165) is 10.9 Å². The second-order valence-electron chi connectivity index (χ2n) is 5.43. The second kappa shape index (κ2) is 4.45. The van der Waals surface area contributed by atoms with Gasteiger partial charge >= 0.3 is 0 Å². The van der Waals surface area contributed by atoms with Crippen LogP contribution in [-0.4, -0.2) is 21.0 Å². The monoisotopic (exact) mass is 277 g/mol. The first-order valence-electron chi connectivity index (χ1n) is 7.07. The Morgan fingerprint density at radius 1 is 1.19 bits per heavy atom. The third-order valence-electron chi connectivity index (χ3n) is 4.25. The van der Waals surface area contributed by atoms with Gasteiger partial charge in [-0.1, -0.05) is 42.5 Å². The summed E-state index contributed by atoms with van der Waals surface area (Å²) in [6, 6.07) is 16.0. The first-order chi connectivity index (χ1) is 10.3. The molecule has 1 atom stereocenters. The number of fused-ring (bicyclic) bond motifs is 2. The number of carbonyl (C=O) groups is 1. The van der Waals surface area contributed by atoms with Crippen LogP contribution in [0.25, 0.3) is 10.9 Å². The van der Waals surface area contributed by atoms with Crippen molar-refractivity contribution in [2.75, 3.05) is 0 Å². The van der Waals surface area contributed by atoms with Crippen molar-refractivity contribution < 1.29 is 4.79 Å². The van der Waals surface area contributed by atoms with Crippen molar-refractivity contribution >= 4 is 16.8 Å². The highest BCUT2D eigenvalue weighted by Crippen LogP contribution is 2.34. The molecular formula is C17H15N3O. The van der Waals surface area contributed by atoms with Gasteiger partial charge in [-0.2, -0.15) is 5.10 Å². The van der Waals surface area contributed by atoms with Gasteiger partial charge in [-0.25, -0.2) is 0 Å². The van der Waals surface area contributed by atoms with Crippen molar-refractivity contribution in [3.63, 3.8) is 0 Å². The number of H-pyrrole nitrogens is 1. The van der Waals surface area contributed by atoms with Crippen LogP contribution in [0.4, 0.5) is 0 Å². The predicted molar refractivity (Wildman–Crippen MR) is 80.8 cm³/mol. The molecule has 21 heavy (non-hydrogen) atoms. The van der Waals surface area contributed by atoms with E-state index in [-0.39, 0.29) is 11.9 Å². The summed E-state index contributed by atoms with van der Waals surface area (Å²) in [5.41, 5.74) is 3.85. The van der Waals surface area contributed by atoms with Crippen molar-refractivity contribution in [3.05, 3.63) is 65.4 Å². The molecule has 2 aromatic carbocycles. The SMILES string of the molecule is CC1c2ccccc2CN1C(=O)c1n[nH]c2ccccc12. The molecule has 0 saturated heterocycles. The lowest BCUT2D eigenvalue weighted by molar-refractivity contribution is 0.0701. The molecule has 1 amide bonds. The molecule has 1 unspecified atom stereocenters. The molecular weight excluding hydrogens is 262 g/mol. The molecule has 3 aromatic rings. The van der Waals surface area contributed by atoms with Crippen molar-refractivity contribution in [2.24, 2.45) is 0 Å². The van der Waals surface area contributed by atoms with Gasteiger partial charge in [0.05, 0.1) is 11.6 Å². The Bertz CT molecular complexity index is 837. The van der Waals surface area contributed by atoms with E-state index in [4.69, 9.17) is 0 Å². The van der Waals surface area contributed by atoms with Crippen molar-refractivity contribution in [1.82, 2.24) is 15.1 Å². The van der Waals surface area contributed by atoms with Gasteiger partial charge in [-0.05, 0) is 24.1 Å². The molecule has 4 heteroatoms. The Labute approximate surface area is 122 Å². The van der Waals surface area contributed by atoms with Crippen LogP contribution in [0.3, 0.4) is 0 Å². The number of para-hydroxylation sites is 1. The molecule has 0 radical (unpaired) electrons. The number of aromatic nitrogens is 2. The van der Waals surface area contributed by atoms with Crippen LogP contribution in [0, 0.1) is 0 Å². The van der Waals surface area contributed by atoms with Gasteiger partial charge in [0.15, 0.2) is 5.69 Å². The number of benzene rings is 2. The Hall–Kier alpha value is -2.62. The van der Waals surface area contributed by atoms with Crippen LogP contribution < -0.4 is 0 Å². The first-order valence-corrected chi connectivity index (χ1v) is 7.07. The smallest absolute Gasteiger partial charge is 0.275 e. The Morgan fingerprint density at radius 3 is 2.81 bits per heavy atom. The minimum atomic E-state index is -0.0175. The second-order valence-corrected chi connectivity index (χ2v) is 5.43. The summed E-state index contributed by atoms with van der Waals surface area (Å²) in [6.45, 7) is 2.72. The molecule has 4 nitrogen and oxygen atoms in total. The zero-order valence-corrected chi connectivity index (χ0v) is 11.7. The highest BCUT2D eigenvalue weighted by atomic mass is 16.2. The molecule has 2 heterocycles. The summed E-state index contributed by atoms with van der Waals surface area (Å²) in [5, 5.41) is 8.03. The molecule has 1 N–H and O–H groups in total. The summed E-state index contributed by atoms with van der Waals surface area (Å²) < 4.78 is 0. The van der Waals surface area contributed by atoms with Gasteiger partial charge in [-0.3, -0.25) is 9.89 Å². The van der Waals surface area contributed by atoms with Crippen LogP contribution in [0.2, 0.25) is 0 Å². The molecule has 1 aliphatic heterocycles. The number of aromatic amines is 1. The Balaban J connectivity index is 1.74. The minimum Gasteiger partial charge on any atom is -0.326 e. The summed E-state index contributed by atoms with van der Waals surface area (Å²) in [7, 11) is 0. The number of hydrogen-bond acceptors (Lipinski definition) is 2. The largest absolute Gasteiger partial charge is 0.326 e. The van der Waals surface area contributed by atoms with Crippen LogP contribution in [0.1, 0.15) is 34.6 Å². The number of nitrogens with zero attached hydrogens (tertiary/aromatic N) is 2. The topological polar surface area (TPSA) is 49.0 Å². The fourth-order valence-corrected chi connectivity index (χ4v) is 3.08. The summed E-state index contributed by atoms with van der Waals surface area (Å²) >= 11 is 0. The molecule has 1 aromatic heterocycles. The van der Waals surface area contributed by atoms with E-state index in [1.807, 2.05) is 41.3 Å². The molecule has 4 rings (SSSR count). The maximum absolute atomic E-state index is 12.8.